The fraction of sp³-hybridized carbons (Fsp3) is 0.500. The molecule has 0 aliphatic carbocycles. The molecule has 7 nitrogen and oxygen atoms in total. The Morgan fingerprint density at radius 2 is 1.67 bits per heavy atom. The summed E-state index contributed by atoms with van der Waals surface area (Å²) < 4.78 is 0. The van der Waals surface area contributed by atoms with Crippen molar-refractivity contribution in [1.82, 2.24) is 5.32 Å². The predicted molar refractivity (Wildman–Crippen MR) is 48.4 cm³/mol. The Morgan fingerprint density at radius 1 is 1.20 bits per heavy atom. The summed E-state index contributed by atoms with van der Waals surface area (Å²) >= 11 is 0. The van der Waals surface area contributed by atoms with Gasteiger partial charge in [-0.3, -0.25) is 24.5 Å². The molecule has 0 unspecified atom stereocenters. The Hall–Kier alpha value is -1.92. The van der Waals surface area contributed by atoms with Gasteiger partial charge in [0.15, 0.2) is 0 Å². The predicted octanol–water partition coefficient (Wildman–Crippen LogP) is -1.24. The van der Waals surface area contributed by atoms with Crippen LogP contribution < -0.4 is 11.1 Å². The van der Waals surface area contributed by atoms with E-state index in [1.54, 1.807) is 0 Å². The van der Waals surface area contributed by atoms with Crippen LogP contribution in [0, 0.1) is 0 Å². The lowest BCUT2D eigenvalue weighted by molar-refractivity contribution is -0.138. The molecule has 1 rings (SSSR count). The summed E-state index contributed by atoms with van der Waals surface area (Å²) in [6.45, 7) is 0. The van der Waals surface area contributed by atoms with Crippen LogP contribution in [0.15, 0.2) is 0 Å². The van der Waals surface area contributed by atoms with Crippen LogP contribution in [0.25, 0.3) is 0 Å². The number of amides is 3. The van der Waals surface area contributed by atoms with Gasteiger partial charge < -0.3 is 10.8 Å². The fourth-order valence-electron chi connectivity index (χ4n) is 0.738. The summed E-state index contributed by atoms with van der Waals surface area (Å²) in [5.74, 6) is -1.87. The number of carbonyl (C=O) groups excluding carboxylic acids is 3. The fourth-order valence-corrected chi connectivity index (χ4v) is 0.738. The van der Waals surface area contributed by atoms with E-state index in [1.807, 2.05) is 0 Å². The Bertz CT molecular complexity index is 259. The standard InChI is InChI=1S/C4H7NO3.C4H5NO2/c5-3(6)1-2-4(7)8;6-3-1-2-4(7)5-3/h1-2H2,(H2,5,6)(H,7,8);1-2H2,(H,5,6,7). The second-order valence-electron chi connectivity index (χ2n) is 2.83. The number of aliphatic carboxylic acids is 1. The number of nitrogens with two attached hydrogens (primary N) is 1. The topological polar surface area (TPSA) is 127 Å². The van der Waals surface area contributed by atoms with Crippen molar-refractivity contribution in [3.05, 3.63) is 0 Å². The maximum Gasteiger partial charge on any atom is 0.303 e. The molecule has 0 aromatic rings. The molecule has 84 valence electrons. The van der Waals surface area contributed by atoms with E-state index >= 15 is 0 Å². The van der Waals surface area contributed by atoms with Crippen molar-refractivity contribution in [2.45, 2.75) is 25.7 Å². The lowest BCUT2D eigenvalue weighted by Gasteiger charge is -1.86. The van der Waals surface area contributed by atoms with Crippen molar-refractivity contribution in [1.29, 1.82) is 0 Å². The zero-order valence-corrected chi connectivity index (χ0v) is 7.99. The van der Waals surface area contributed by atoms with Gasteiger partial charge in [-0.25, -0.2) is 0 Å². The monoisotopic (exact) mass is 216 g/mol. The number of imide groups is 1. The number of hydrogen-bond donors (Lipinski definition) is 3. The van der Waals surface area contributed by atoms with Crippen LogP contribution in [0.4, 0.5) is 0 Å². The van der Waals surface area contributed by atoms with Crippen LogP contribution in [-0.4, -0.2) is 28.8 Å². The minimum Gasteiger partial charge on any atom is -0.481 e. The van der Waals surface area contributed by atoms with E-state index in [-0.39, 0.29) is 24.7 Å². The van der Waals surface area contributed by atoms with E-state index < -0.39 is 11.9 Å². The van der Waals surface area contributed by atoms with E-state index in [1.165, 1.54) is 0 Å². The Morgan fingerprint density at radius 3 is 1.80 bits per heavy atom. The molecule has 0 spiro atoms. The summed E-state index contributed by atoms with van der Waals surface area (Å²) in [7, 11) is 0. The minimum atomic E-state index is -0.996. The lowest BCUT2D eigenvalue weighted by atomic mass is 10.3. The molecule has 0 bridgehead atoms. The third-order valence-electron chi connectivity index (χ3n) is 1.44. The number of rotatable bonds is 3. The van der Waals surface area contributed by atoms with E-state index in [9.17, 15) is 19.2 Å². The largest absolute Gasteiger partial charge is 0.481 e. The van der Waals surface area contributed by atoms with Gasteiger partial charge in [-0.05, 0) is 0 Å². The van der Waals surface area contributed by atoms with Gasteiger partial charge in [-0.2, -0.15) is 0 Å². The van der Waals surface area contributed by atoms with Crippen LogP contribution in [0.5, 0.6) is 0 Å². The summed E-state index contributed by atoms with van der Waals surface area (Å²) in [6, 6.07) is 0. The molecule has 1 aliphatic heterocycles. The normalized spacial score (nSPS) is 13.9. The molecule has 0 radical (unpaired) electrons. The lowest BCUT2D eigenvalue weighted by Crippen LogP contribution is -2.18. The first-order valence-electron chi connectivity index (χ1n) is 4.24. The summed E-state index contributed by atoms with van der Waals surface area (Å²) in [6.07, 6.45) is 0.502. The zero-order chi connectivity index (χ0) is 11.8. The highest BCUT2D eigenvalue weighted by Crippen LogP contribution is 1.95. The van der Waals surface area contributed by atoms with Gasteiger partial charge in [-0.15, -0.1) is 0 Å². The van der Waals surface area contributed by atoms with Gasteiger partial charge in [0.25, 0.3) is 0 Å². The number of nitrogens with one attached hydrogen (secondary N) is 1. The van der Waals surface area contributed by atoms with Crippen molar-refractivity contribution in [3.63, 3.8) is 0 Å². The Balaban J connectivity index is 0.000000262. The summed E-state index contributed by atoms with van der Waals surface area (Å²) in [4.78, 5) is 39.8. The Labute approximate surface area is 85.6 Å². The number of carbonyl (C=O) groups is 4. The first-order valence-corrected chi connectivity index (χ1v) is 4.24. The van der Waals surface area contributed by atoms with Crippen LogP contribution >= 0.6 is 0 Å². The molecule has 3 amide bonds. The minimum absolute atomic E-state index is 0.0741. The van der Waals surface area contributed by atoms with Gasteiger partial charge in [0, 0.05) is 19.3 Å². The molecule has 1 heterocycles. The van der Waals surface area contributed by atoms with Crippen molar-refractivity contribution in [3.8, 4) is 0 Å². The quantitative estimate of drug-likeness (QED) is 0.508. The van der Waals surface area contributed by atoms with Gasteiger partial charge >= 0.3 is 5.97 Å². The van der Waals surface area contributed by atoms with Gasteiger partial charge in [0.1, 0.15) is 0 Å². The summed E-state index contributed by atoms with van der Waals surface area (Å²) in [5.41, 5.74) is 4.64. The molecule has 0 atom stereocenters. The molecule has 1 fully saturated rings. The molecule has 0 saturated carbocycles. The first kappa shape index (κ1) is 13.1. The molecule has 15 heavy (non-hydrogen) atoms. The highest BCUT2D eigenvalue weighted by molar-refractivity contribution is 6.01. The van der Waals surface area contributed by atoms with Crippen LogP contribution in [0.1, 0.15) is 25.7 Å². The van der Waals surface area contributed by atoms with E-state index in [0.29, 0.717) is 12.8 Å². The van der Waals surface area contributed by atoms with Crippen molar-refractivity contribution < 1.29 is 24.3 Å². The van der Waals surface area contributed by atoms with Gasteiger partial charge in [0.05, 0.1) is 6.42 Å². The SMILES string of the molecule is NC(=O)CCC(=O)O.O=C1CCC(=O)N1. The third kappa shape index (κ3) is 8.41. The molecule has 1 aliphatic rings. The molecule has 0 aromatic heterocycles. The molecule has 1 saturated heterocycles. The highest BCUT2D eigenvalue weighted by Gasteiger charge is 2.15. The van der Waals surface area contributed by atoms with Crippen LogP contribution in [0.3, 0.4) is 0 Å². The smallest absolute Gasteiger partial charge is 0.303 e. The molecule has 7 heteroatoms. The van der Waals surface area contributed by atoms with Crippen molar-refractivity contribution in [2.24, 2.45) is 5.73 Å². The number of hydrogen-bond acceptors (Lipinski definition) is 4. The second-order valence-corrected chi connectivity index (χ2v) is 2.83. The zero-order valence-electron chi connectivity index (χ0n) is 7.99. The van der Waals surface area contributed by atoms with Crippen LogP contribution in [0.2, 0.25) is 0 Å². The molecule has 4 N–H and O–H groups in total. The van der Waals surface area contributed by atoms with Crippen molar-refractivity contribution >= 4 is 23.7 Å². The first-order chi connectivity index (χ1) is 6.91. The van der Waals surface area contributed by atoms with Gasteiger partial charge in [0.2, 0.25) is 17.7 Å². The average molecular weight is 216 g/mol. The number of carboxylic acids is 1. The van der Waals surface area contributed by atoms with E-state index in [4.69, 9.17) is 5.11 Å². The van der Waals surface area contributed by atoms with E-state index in [0.717, 1.165) is 0 Å². The maximum atomic E-state index is 10.1. The van der Waals surface area contributed by atoms with E-state index in [2.05, 4.69) is 11.1 Å². The average Bonchev–Trinajstić information content (AvgIpc) is 2.47. The summed E-state index contributed by atoms with van der Waals surface area (Å²) in [5, 5.41) is 10.1. The maximum absolute atomic E-state index is 10.1. The Kier molecular flexibility index (Phi) is 5.69. The number of primary amides is 1. The second kappa shape index (κ2) is 6.52. The molecular formula is C8H12N2O5. The van der Waals surface area contributed by atoms with Crippen molar-refractivity contribution in [2.75, 3.05) is 0 Å². The van der Waals surface area contributed by atoms with Crippen LogP contribution in [-0.2, 0) is 19.2 Å². The van der Waals surface area contributed by atoms with Gasteiger partial charge in [-0.1, -0.05) is 0 Å². The molecule has 0 aromatic carbocycles. The third-order valence-corrected chi connectivity index (χ3v) is 1.44. The highest BCUT2D eigenvalue weighted by atomic mass is 16.4. The number of carboxylic acid groups (broad SMARTS) is 1. The molecular weight excluding hydrogens is 204 g/mol.